The molecule has 1 aromatic rings. The summed E-state index contributed by atoms with van der Waals surface area (Å²) in [5.74, 6) is -0.834. The summed E-state index contributed by atoms with van der Waals surface area (Å²) in [6, 6.07) is 3.84. The third-order valence-corrected chi connectivity index (χ3v) is 2.23. The Kier molecular flexibility index (Phi) is 4.12. The Morgan fingerprint density at radius 3 is 2.65 bits per heavy atom. The molecule has 0 unspecified atom stereocenters. The van der Waals surface area contributed by atoms with E-state index in [4.69, 9.17) is 11.0 Å². The van der Waals surface area contributed by atoms with E-state index in [1.807, 2.05) is 0 Å². The standard InChI is InChI=1S/C11H10F2N2O2/c1-17-11(16)8-3-6(10(12)13)2-7(4-14)9(8)5-15/h2-3,10H,4,14H2,1H3. The summed E-state index contributed by atoms with van der Waals surface area (Å²) >= 11 is 0. The van der Waals surface area contributed by atoms with E-state index < -0.39 is 12.4 Å². The van der Waals surface area contributed by atoms with Gasteiger partial charge in [-0.05, 0) is 17.7 Å². The maximum atomic E-state index is 12.6. The van der Waals surface area contributed by atoms with E-state index in [-0.39, 0.29) is 28.8 Å². The topological polar surface area (TPSA) is 76.1 Å². The number of methoxy groups -OCH3 is 1. The first-order chi connectivity index (χ1) is 8.04. The lowest BCUT2D eigenvalue weighted by atomic mass is 9.98. The van der Waals surface area contributed by atoms with E-state index in [0.29, 0.717) is 0 Å². The zero-order valence-electron chi connectivity index (χ0n) is 9.04. The molecule has 0 radical (unpaired) electrons. The lowest BCUT2D eigenvalue weighted by Gasteiger charge is -2.09. The van der Waals surface area contributed by atoms with Crippen molar-refractivity contribution in [3.8, 4) is 6.07 Å². The molecule has 0 amide bonds. The zero-order chi connectivity index (χ0) is 13.0. The van der Waals surface area contributed by atoms with Crippen LogP contribution in [0.1, 0.15) is 33.5 Å². The van der Waals surface area contributed by atoms with Crippen LogP contribution in [0.4, 0.5) is 8.78 Å². The summed E-state index contributed by atoms with van der Waals surface area (Å²) in [4.78, 5) is 11.4. The number of carbonyl (C=O) groups is 1. The molecule has 90 valence electrons. The molecule has 0 heterocycles. The lowest BCUT2D eigenvalue weighted by molar-refractivity contribution is 0.0599. The van der Waals surface area contributed by atoms with Gasteiger partial charge in [-0.2, -0.15) is 5.26 Å². The fourth-order valence-electron chi connectivity index (χ4n) is 1.42. The maximum absolute atomic E-state index is 12.6. The van der Waals surface area contributed by atoms with Crippen LogP contribution in [0.2, 0.25) is 0 Å². The molecule has 0 saturated carbocycles. The Morgan fingerprint density at radius 1 is 1.59 bits per heavy atom. The molecule has 0 spiro atoms. The van der Waals surface area contributed by atoms with Crippen molar-refractivity contribution in [2.24, 2.45) is 5.73 Å². The first-order valence-electron chi connectivity index (χ1n) is 4.68. The van der Waals surface area contributed by atoms with Crippen molar-refractivity contribution < 1.29 is 18.3 Å². The normalized spacial score (nSPS) is 10.1. The van der Waals surface area contributed by atoms with Crippen molar-refractivity contribution in [3.05, 3.63) is 34.4 Å². The van der Waals surface area contributed by atoms with Gasteiger partial charge in [0.25, 0.3) is 6.43 Å². The number of alkyl halides is 2. The van der Waals surface area contributed by atoms with Crippen molar-refractivity contribution in [2.45, 2.75) is 13.0 Å². The van der Waals surface area contributed by atoms with Crippen LogP contribution >= 0.6 is 0 Å². The van der Waals surface area contributed by atoms with Crippen LogP contribution in [-0.4, -0.2) is 13.1 Å². The Bertz CT molecular complexity index is 481. The third kappa shape index (κ3) is 2.57. The number of halogens is 2. The Morgan fingerprint density at radius 2 is 2.24 bits per heavy atom. The Labute approximate surface area is 96.6 Å². The van der Waals surface area contributed by atoms with E-state index in [9.17, 15) is 13.6 Å². The van der Waals surface area contributed by atoms with Crippen LogP contribution in [0.25, 0.3) is 0 Å². The molecule has 0 aliphatic heterocycles. The minimum absolute atomic E-state index is 0.0243. The number of ether oxygens (including phenoxy) is 1. The third-order valence-electron chi connectivity index (χ3n) is 2.23. The Hall–Kier alpha value is -2.00. The second-order valence-electron chi connectivity index (χ2n) is 3.21. The van der Waals surface area contributed by atoms with E-state index in [0.717, 1.165) is 19.2 Å². The number of esters is 1. The second kappa shape index (κ2) is 5.37. The molecule has 0 saturated heterocycles. The number of rotatable bonds is 3. The summed E-state index contributed by atoms with van der Waals surface area (Å²) < 4.78 is 29.6. The molecule has 1 aromatic carbocycles. The molecule has 0 atom stereocenters. The van der Waals surface area contributed by atoms with Crippen LogP contribution in [-0.2, 0) is 11.3 Å². The van der Waals surface area contributed by atoms with Gasteiger partial charge in [-0.25, -0.2) is 13.6 Å². The van der Waals surface area contributed by atoms with Gasteiger partial charge in [-0.15, -0.1) is 0 Å². The number of carbonyl (C=O) groups excluding carboxylic acids is 1. The molecular formula is C11H10F2N2O2. The highest BCUT2D eigenvalue weighted by molar-refractivity contribution is 5.93. The summed E-state index contributed by atoms with van der Waals surface area (Å²) in [5.41, 5.74) is 4.99. The minimum atomic E-state index is -2.74. The highest BCUT2D eigenvalue weighted by Crippen LogP contribution is 2.25. The molecular weight excluding hydrogens is 230 g/mol. The van der Waals surface area contributed by atoms with Gasteiger partial charge in [0, 0.05) is 12.1 Å². The van der Waals surface area contributed by atoms with Crippen molar-refractivity contribution in [1.82, 2.24) is 0 Å². The molecule has 0 fully saturated rings. The minimum Gasteiger partial charge on any atom is -0.465 e. The first-order valence-corrected chi connectivity index (χ1v) is 4.68. The summed E-state index contributed by atoms with van der Waals surface area (Å²) in [7, 11) is 1.11. The van der Waals surface area contributed by atoms with Crippen LogP contribution in [0.3, 0.4) is 0 Å². The fraction of sp³-hybridized carbons (Fsp3) is 0.273. The molecule has 17 heavy (non-hydrogen) atoms. The highest BCUT2D eigenvalue weighted by atomic mass is 19.3. The van der Waals surface area contributed by atoms with Crippen molar-refractivity contribution in [3.63, 3.8) is 0 Å². The lowest BCUT2D eigenvalue weighted by Crippen LogP contribution is -2.10. The number of nitrogens with zero attached hydrogens (tertiary/aromatic N) is 1. The zero-order valence-corrected chi connectivity index (χ0v) is 9.04. The van der Waals surface area contributed by atoms with Crippen LogP contribution in [0.5, 0.6) is 0 Å². The van der Waals surface area contributed by atoms with Gasteiger partial charge in [-0.1, -0.05) is 0 Å². The molecule has 1 rings (SSSR count). The number of hydrogen-bond acceptors (Lipinski definition) is 4. The number of nitriles is 1. The smallest absolute Gasteiger partial charge is 0.339 e. The van der Waals surface area contributed by atoms with Gasteiger partial charge in [0.2, 0.25) is 0 Å². The highest BCUT2D eigenvalue weighted by Gasteiger charge is 2.19. The number of hydrogen-bond donors (Lipinski definition) is 1. The van der Waals surface area contributed by atoms with Crippen LogP contribution < -0.4 is 5.73 Å². The SMILES string of the molecule is COC(=O)c1cc(C(F)F)cc(CN)c1C#N. The molecule has 6 heteroatoms. The average Bonchev–Trinajstić information content (AvgIpc) is 2.35. The van der Waals surface area contributed by atoms with Gasteiger partial charge < -0.3 is 10.5 Å². The van der Waals surface area contributed by atoms with Crippen molar-refractivity contribution in [2.75, 3.05) is 7.11 Å². The van der Waals surface area contributed by atoms with Crippen molar-refractivity contribution in [1.29, 1.82) is 5.26 Å². The molecule has 0 bridgehead atoms. The van der Waals surface area contributed by atoms with Gasteiger partial charge in [0.1, 0.15) is 6.07 Å². The van der Waals surface area contributed by atoms with E-state index in [1.165, 1.54) is 0 Å². The molecule has 4 nitrogen and oxygen atoms in total. The van der Waals surface area contributed by atoms with Gasteiger partial charge in [0.15, 0.2) is 0 Å². The maximum Gasteiger partial charge on any atom is 0.339 e. The molecule has 0 aromatic heterocycles. The van der Waals surface area contributed by atoms with Gasteiger partial charge >= 0.3 is 5.97 Å². The first kappa shape index (κ1) is 13.1. The summed E-state index contributed by atoms with van der Waals surface area (Å²) in [6.45, 7) is -0.104. The summed E-state index contributed by atoms with van der Waals surface area (Å²) in [6.07, 6.45) is -2.74. The number of nitrogens with two attached hydrogens (primary N) is 1. The largest absolute Gasteiger partial charge is 0.465 e. The Balaban J connectivity index is 3.49. The molecule has 0 aliphatic carbocycles. The summed E-state index contributed by atoms with van der Waals surface area (Å²) in [5, 5.41) is 8.90. The van der Waals surface area contributed by atoms with E-state index in [2.05, 4.69) is 4.74 Å². The van der Waals surface area contributed by atoms with Crippen molar-refractivity contribution >= 4 is 5.97 Å². The molecule has 2 N–H and O–H groups in total. The van der Waals surface area contributed by atoms with Gasteiger partial charge in [-0.3, -0.25) is 0 Å². The predicted molar refractivity (Wildman–Crippen MR) is 55.3 cm³/mol. The number of benzene rings is 1. The van der Waals surface area contributed by atoms with E-state index in [1.54, 1.807) is 6.07 Å². The molecule has 0 aliphatic rings. The second-order valence-corrected chi connectivity index (χ2v) is 3.21. The monoisotopic (exact) mass is 240 g/mol. The van der Waals surface area contributed by atoms with E-state index >= 15 is 0 Å². The van der Waals surface area contributed by atoms with Crippen LogP contribution in [0.15, 0.2) is 12.1 Å². The average molecular weight is 240 g/mol. The predicted octanol–water partition coefficient (Wildman–Crippen LogP) is 1.74. The van der Waals surface area contributed by atoms with Gasteiger partial charge in [0.05, 0.1) is 18.2 Å². The van der Waals surface area contributed by atoms with Crippen LogP contribution in [0, 0.1) is 11.3 Å². The fourth-order valence-corrected chi connectivity index (χ4v) is 1.42. The quantitative estimate of drug-likeness (QED) is 0.816.